The molecule has 2 aromatic carbocycles. The molecule has 0 bridgehead atoms. The number of hydrogen-bond acceptors (Lipinski definition) is 3. The Hall–Kier alpha value is -2.33. The first kappa shape index (κ1) is 18.5. The average molecular weight is 352 g/mol. The Bertz CT molecular complexity index is 662. The minimum atomic E-state index is -0.467. The number of hydrogen-bond donors (Lipinski definition) is 1. The molecule has 138 valence electrons. The van der Waals surface area contributed by atoms with Crippen LogP contribution >= 0.6 is 0 Å². The summed E-state index contributed by atoms with van der Waals surface area (Å²) in [5, 5.41) is 2.71. The van der Waals surface area contributed by atoms with Gasteiger partial charge in [-0.05, 0) is 75.1 Å². The molecule has 0 radical (unpaired) electrons. The van der Waals surface area contributed by atoms with E-state index in [2.05, 4.69) is 10.2 Å². The van der Waals surface area contributed by atoms with Gasteiger partial charge >= 0.3 is 6.09 Å². The predicted molar refractivity (Wildman–Crippen MR) is 106 cm³/mol. The lowest BCUT2D eigenvalue weighted by molar-refractivity contribution is 0.215. The van der Waals surface area contributed by atoms with Crippen molar-refractivity contribution < 1.29 is 9.53 Å². The molecule has 1 fully saturated rings. The van der Waals surface area contributed by atoms with Crippen LogP contribution in [-0.4, -0.2) is 30.6 Å². The Kier molecular flexibility index (Phi) is 7.08. The summed E-state index contributed by atoms with van der Waals surface area (Å²) in [6, 6.07) is 17.1. The molecule has 0 unspecified atom stereocenters. The maximum absolute atomic E-state index is 11.9. The quantitative estimate of drug-likeness (QED) is 0.786. The highest BCUT2D eigenvalue weighted by atomic mass is 16.6. The van der Waals surface area contributed by atoms with E-state index >= 15 is 0 Å². The lowest BCUT2D eigenvalue weighted by Crippen LogP contribution is -2.26. The van der Waals surface area contributed by atoms with Crippen molar-refractivity contribution in [2.45, 2.75) is 38.5 Å². The molecule has 0 aliphatic carbocycles. The number of nitrogens with one attached hydrogen (secondary N) is 1. The molecule has 4 heteroatoms. The summed E-state index contributed by atoms with van der Waals surface area (Å²) in [7, 11) is 0. The van der Waals surface area contributed by atoms with Gasteiger partial charge in [0, 0.05) is 5.69 Å². The standard InChI is InChI=1S/C22H28N2O2/c25-22(23-20-10-4-3-5-11-20)26-21-14-12-19(13-15-21)9-8-18-24-16-6-1-2-7-17-24/h3-5,10-15H,1-2,6-9,16-18H2,(H,23,25). The Balaban J connectivity index is 1.40. The first-order valence-electron chi connectivity index (χ1n) is 9.65. The fourth-order valence-electron chi connectivity index (χ4n) is 3.36. The molecule has 1 saturated heterocycles. The first-order valence-corrected chi connectivity index (χ1v) is 9.65. The smallest absolute Gasteiger partial charge is 0.410 e. The van der Waals surface area contributed by atoms with Gasteiger partial charge in [-0.2, -0.15) is 0 Å². The molecular formula is C22H28N2O2. The minimum absolute atomic E-state index is 0.467. The maximum atomic E-state index is 11.9. The fourth-order valence-corrected chi connectivity index (χ4v) is 3.36. The van der Waals surface area contributed by atoms with E-state index in [1.807, 2.05) is 54.6 Å². The highest BCUT2D eigenvalue weighted by molar-refractivity contribution is 5.86. The number of rotatable bonds is 6. The van der Waals surface area contributed by atoms with Gasteiger partial charge in [0.15, 0.2) is 0 Å². The van der Waals surface area contributed by atoms with Crippen LogP contribution in [0.4, 0.5) is 10.5 Å². The van der Waals surface area contributed by atoms with Gasteiger partial charge in [0.25, 0.3) is 0 Å². The molecule has 0 spiro atoms. The lowest BCUT2D eigenvalue weighted by Gasteiger charge is -2.19. The largest absolute Gasteiger partial charge is 0.417 e. The number of amides is 1. The Morgan fingerprint density at radius 2 is 1.62 bits per heavy atom. The second kappa shape index (κ2) is 9.97. The van der Waals surface area contributed by atoms with Crippen LogP contribution in [0.1, 0.15) is 37.7 Å². The van der Waals surface area contributed by atoms with Crippen molar-refractivity contribution in [2.24, 2.45) is 0 Å². The van der Waals surface area contributed by atoms with E-state index in [1.54, 1.807) is 0 Å². The van der Waals surface area contributed by atoms with Crippen molar-refractivity contribution in [1.29, 1.82) is 0 Å². The zero-order chi connectivity index (χ0) is 18.0. The summed E-state index contributed by atoms with van der Waals surface area (Å²) in [6.07, 6.45) is 7.23. The van der Waals surface area contributed by atoms with Gasteiger partial charge < -0.3 is 9.64 Å². The van der Waals surface area contributed by atoms with Crippen LogP contribution in [0, 0.1) is 0 Å². The van der Waals surface area contributed by atoms with Crippen molar-refractivity contribution in [3.63, 3.8) is 0 Å². The minimum Gasteiger partial charge on any atom is -0.410 e. The van der Waals surface area contributed by atoms with Crippen LogP contribution in [0.2, 0.25) is 0 Å². The number of para-hydroxylation sites is 1. The van der Waals surface area contributed by atoms with Gasteiger partial charge in [0.2, 0.25) is 0 Å². The normalized spacial score (nSPS) is 15.2. The average Bonchev–Trinajstić information content (AvgIpc) is 2.93. The molecule has 26 heavy (non-hydrogen) atoms. The molecule has 0 saturated carbocycles. The van der Waals surface area contributed by atoms with Crippen molar-refractivity contribution >= 4 is 11.8 Å². The molecule has 2 aromatic rings. The van der Waals surface area contributed by atoms with Gasteiger partial charge in [-0.15, -0.1) is 0 Å². The molecule has 1 N–H and O–H groups in total. The number of anilines is 1. The summed E-state index contributed by atoms with van der Waals surface area (Å²) >= 11 is 0. The van der Waals surface area contributed by atoms with E-state index in [-0.39, 0.29) is 0 Å². The number of benzene rings is 2. The molecule has 4 nitrogen and oxygen atoms in total. The van der Waals surface area contributed by atoms with E-state index in [9.17, 15) is 4.79 Å². The maximum Gasteiger partial charge on any atom is 0.417 e. The van der Waals surface area contributed by atoms with Gasteiger partial charge in [-0.25, -0.2) is 4.79 Å². The van der Waals surface area contributed by atoms with Gasteiger partial charge in [0.1, 0.15) is 5.75 Å². The van der Waals surface area contributed by atoms with Gasteiger partial charge in [0.05, 0.1) is 0 Å². The lowest BCUT2D eigenvalue weighted by atomic mass is 10.1. The fraction of sp³-hybridized carbons (Fsp3) is 0.409. The van der Waals surface area contributed by atoms with E-state index in [0.717, 1.165) is 12.1 Å². The van der Waals surface area contributed by atoms with Crippen LogP contribution in [0.3, 0.4) is 0 Å². The number of likely N-dealkylation sites (tertiary alicyclic amines) is 1. The van der Waals surface area contributed by atoms with E-state index in [1.165, 1.54) is 57.3 Å². The topological polar surface area (TPSA) is 41.6 Å². The predicted octanol–water partition coefficient (Wildman–Crippen LogP) is 5.11. The molecule has 0 atom stereocenters. The second-order valence-electron chi connectivity index (χ2n) is 6.88. The van der Waals surface area contributed by atoms with Crippen molar-refractivity contribution in [3.05, 3.63) is 60.2 Å². The van der Waals surface area contributed by atoms with E-state index in [4.69, 9.17) is 4.74 Å². The number of ether oxygens (including phenoxy) is 1. The third-order valence-electron chi connectivity index (χ3n) is 4.79. The summed E-state index contributed by atoms with van der Waals surface area (Å²) in [5.74, 6) is 0.565. The van der Waals surface area contributed by atoms with Crippen molar-refractivity contribution in [1.82, 2.24) is 4.90 Å². The molecule has 1 aliphatic heterocycles. The highest BCUT2D eigenvalue weighted by Crippen LogP contribution is 2.16. The van der Waals surface area contributed by atoms with E-state index < -0.39 is 6.09 Å². The molecule has 1 amide bonds. The first-order chi connectivity index (χ1) is 12.8. The summed E-state index contributed by atoms with van der Waals surface area (Å²) in [6.45, 7) is 3.68. The zero-order valence-electron chi connectivity index (χ0n) is 15.3. The Labute approximate surface area is 156 Å². The Morgan fingerprint density at radius 3 is 2.31 bits per heavy atom. The third-order valence-corrected chi connectivity index (χ3v) is 4.79. The van der Waals surface area contributed by atoms with E-state index in [0.29, 0.717) is 5.75 Å². The number of aryl methyl sites for hydroxylation is 1. The summed E-state index contributed by atoms with van der Waals surface area (Å²) < 4.78 is 5.33. The second-order valence-corrected chi connectivity index (χ2v) is 6.88. The van der Waals surface area contributed by atoms with Crippen LogP contribution in [0.5, 0.6) is 5.75 Å². The zero-order valence-corrected chi connectivity index (χ0v) is 15.3. The van der Waals surface area contributed by atoms with Crippen molar-refractivity contribution in [2.75, 3.05) is 25.0 Å². The third kappa shape index (κ3) is 6.19. The van der Waals surface area contributed by atoms with Gasteiger partial charge in [-0.1, -0.05) is 43.2 Å². The SMILES string of the molecule is O=C(Nc1ccccc1)Oc1ccc(CCCN2CCCCCC2)cc1. The molecule has 1 heterocycles. The van der Waals surface area contributed by atoms with Crippen molar-refractivity contribution in [3.8, 4) is 5.75 Å². The number of carbonyl (C=O) groups excluding carboxylic acids is 1. The summed E-state index contributed by atoms with van der Waals surface area (Å²) in [5.41, 5.74) is 2.01. The Morgan fingerprint density at radius 1 is 0.923 bits per heavy atom. The van der Waals surface area contributed by atoms with Gasteiger partial charge in [-0.3, -0.25) is 5.32 Å². The molecule has 0 aromatic heterocycles. The van der Waals surface area contributed by atoms with Crippen LogP contribution in [-0.2, 0) is 6.42 Å². The summed E-state index contributed by atoms with van der Waals surface area (Å²) in [4.78, 5) is 14.5. The monoisotopic (exact) mass is 352 g/mol. The number of nitrogens with zero attached hydrogens (tertiary/aromatic N) is 1. The molecule has 3 rings (SSSR count). The van der Waals surface area contributed by atoms with Crippen LogP contribution < -0.4 is 10.1 Å². The van der Waals surface area contributed by atoms with Crippen LogP contribution in [0.15, 0.2) is 54.6 Å². The molecule has 1 aliphatic rings. The van der Waals surface area contributed by atoms with Crippen LogP contribution in [0.25, 0.3) is 0 Å². The number of carbonyl (C=O) groups is 1. The highest BCUT2D eigenvalue weighted by Gasteiger charge is 2.09. The molecular weight excluding hydrogens is 324 g/mol.